The van der Waals surface area contributed by atoms with Crippen LogP contribution in [0.2, 0.25) is 5.02 Å². The third-order valence-electron chi connectivity index (χ3n) is 2.73. The number of rotatable bonds is 3. The Morgan fingerprint density at radius 2 is 2.18 bits per heavy atom. The minimum atomic E-state index is 0.210. The summed E-state index contributed by atoms with van der Waals surface area (Å²) in [5.41, 5.74) is 3.27. The monoisotopic (exact) mass is 249 g/mol. The highest BCUT2D eigenvalue weighted by atomic mass is 35.5. The van der Waals surface area contributed by atoms with Crippen molar-refractivity contribution < 1.29 is 0 Å². The van der Waals surface area contributed by atoms with E-state index < -0.39 is 0 Å². The summed E-state index contributed by atoms with van der Waals surface area (Å²) in [6.45, 7) is 4.14. The van der Waals surface area contributed by atoms with Crippen LogP contribution in [0.15, 0.2) is 30.5 Å². The fourth-order valence-electron chi connectivity index (χ4n) is 1.95. The van der Waals surface area contributed by atoms with Gasteiger partial charge in [0.05, 0.1) is 11.7 Å². The molecule has 0 amide bonds. The summed E-state index contributed by atoms with van der Waals surface area (Å²) in [5.74, 6) is 0. The maximum Gasteiger partial charge on any atom is 0.0646 e. The van der Waals surface area contributed by atoms with Crippen molar-refractivity contribution in [3.63, 3.8) is 0 Å². The lowest BCUT2D eigenvalue weighted by Gasteiger charge is -2.14. The molecule has 0 aliphatic heterocycles. The quantitative estimate of drug-likeness (QED) is 0.902. The van der Waals surface area contributed by atoms with Gasteiger partial charge in [-0.3, -0.25) is 4.68 Å². The summed E-state index contributed by atoms with van der Waals surface area (Å²) >= 11 is 5.95. The van der Waals surface area contributed by atoms with Crippen LogP contribution < -0.4 is 5.32 Å². The Hall–Kier alpha value is -1.48. The van der Waals surface area contributed by atoms with E-state index in [1.807, 2.05) is 49.1 Å². The maximum atomic E-state index is 5.95. The maximum absolute atomic E-state index is 5.95. The molecule has 1 atom stereocenters. The Morgan fingerprint density at radius 3 is 2.76 bits per heavy atom. The van der Waals surface area contributed by atoms with E-state index in [0.29, 0.717) is 0 Å². The summed E-state index contributed by atoms with van der Waals surface area (Å²) in [7, 11) is 1.93. The number of halogens is 1. The fraction of sp³-hybridized carbons (Fsp3) is 0.308. The van der Waals surface area contributed by atoms with E-state index >= 15 is 0 Å². The molecular formula is C13H16ClN3. The molecule has 0 bridgehead atoms. The molecule has 0 saturated heterocycles. The van der Waals surface area contributed by atoms with Gasteiger partial charge in [0.15, 0.2) is 0 Å². The fourth-order valence-corrected chi connectivity index (χ4v) is 2.14. The number of aromatic nitrogens is 2. The summed E-state index contributed by atoms with van der Waals surface area (Å²) in [6, 6.07) is 7.94. The lowest BCUT2D eigenvalue weighted by Crippen LogP contribution is -2.06. The molecule has 1 unspecified atom stereocenters. The zero-order valence-electron chi connectivity index (χ0n) is 10.2. The van der Waals surface area contributed by atoms with Crippen molar-refractivity contribution in [2.45, 2.75) is 19.9 Å². The molecule has 3 nitrogen and oxygen atoms in total. The second-order valence-corrected chi connectivity index (χ2v) is 4.66. The molecule has 0 aliphatic carbocycles. The van der Waals surface area contributed by atoms with E-state index in [1.165, 1.54) is 5.56 Å². The van der Waals surface area contributed by atoms with E-state index in [2.05, 4.69) is 17.3 Å². The number of hydrogen-bond acceptors (Lipinski definition) is 2. The van der Waals surface area contributed by atoms with E-state index in [4.69, 9.17) is 11.6 Å². The molecule has 90 valence electrons. The number of aryl methyl sites for hydroxylation is 2. The predicted molar refractivity (Wildman–Crippen MR) is 71.4 cm³/mol. The predicted octanol–water partition coefficient (Wildman–Crippen LogP) is 3.56. The van der Waals surface area contributed by atoms with Gasteiger partial charge in [0.25, 0.3) is 0 Å². The van der Waals surface area contributed by atoms with Crippen LogP contribution in [-0.4, -0.2) is 9.78 Å². The molecule has 2 aromatic rings. The largest absolute Gasteiger partial charge is 0.378 e. The van der Waals surface area contributed by atoms with E-state index in [9.17, 15) is 0 Å². The molecule has 1 aromatic heterocycles. The molecule has 2 rings (SSSR count). The third-order valence-corrected chi connectivity index (χ3v) is 2.96. The van der Waals surface area contributed by atoms with Gasteiger partial charge < -0.3 is 5.32 Å². The van der Waals surface area contributed by atoms with Crippen molar-refractivity contribution in [3.8, 4) is 0 Å². The number of hydrogen-bond donors (Lipinski definition) is 1. The first-order chi connectivity index (χ1) is 8.06. The average Bonchev–Trinajstić information content (AvgIpc) is 2.58. The lowest BCUT2D eigenvalue weighted by molar-refractivity contribution is 0.756. The Morgan fingerprint density at radius 1 is 1.41 bits per heavy atom. The Kier molecular flexibility index (Phi) is 3.38. The Balaban J connectivity index is 2.16. The summed E-state index contributed by atoms with van der Waals surface area (Å²) in [6.07, 6.45) is 2.04. The molecule has 0 saturated carbocycles. The van der Waals surface area contributed by atoms with E-state index in [1.54, 1.807) is 0 Å². The van der Waals surface area contributed by atoms with Gasteiger partial charge in [-0.15, -0.1) is 0 Å². The van der Waals surface area contributed by atoms with Gasteiger partial charge in [-0.05, 0) is 32.0 Å². The SMILES string of the molecule is Cc1nn(C)cc1C(C)Nc1cccc(Cl)c1. The molecule has 1 aromatic carbocycles. The molecule has 1 N–H and O–H groups in total. The van der Waals surface area contributed by atoms with Crippen LogP contribution in [-0.2, 0) is 7.05 Å². The second kappa shape index (κ2) is 4.80. The van der Waals surface area contributed by atoms with Crippen molar-refractivity contribution in [1.29, 1.82) is 0 Å². The van der Waals surface area contributed by atoms with Crippen molar-refractivity contribution in [1.82, 2.24) is 9.78 Å². The van der Waals surface area contributed by atoms with Gasteiger partial charge in [0.2, 0.25) is 0 Å². The second-order valence-electron chi connectivity index (χ2n) is 4.22. The van der Waals surface area contributed by atoms with Crippen molar-refractivity contribution in [2.24, 2.45) is 7.05 Å². The molecule has 1 heterocycles. The average molecular weight is 250 g/mol. The zero-order valence-corrected chi connectivity index (χ0v) is 11.0. The highest BCUT2D eigenvalue weighted by molar-refractivity contribution is 6.30. The van der Waals surface area contributed by atoms with Crippen LogP contribution in [0.1, 0.15) is 24.2 Å². The number of nitrogens with zero attached hydrogens (tertiary/aromatic N) is 2. The van der Waals surface area contributed by atoms with Gasteiger partial charge in [-0.2, -0.15) is 5.10 Å². The van der Waals surface area contributed by atoms with Gasteiger partial charge in [0.1, 0.15) is 0 Å². The van der Waals surface area contributed by atoms with Crippen LogP contribution in [0.5, 0.6) is 0 Å². The van der Waals surface area contributed by atoms with Crippen LogP contribution in [0.25, 0.3) is 0 Å². The summed E-state index contributed by atoms with van der Waals surface area (Å²) in [4.78, 5) is 0. The Bertz CT molecular complexity index is 519. The topological polar surface area (TPSA) is 29.9 Å². The van der Waals surface area contributed by atoms with Crippen molar-refractivity contribution in [2.75, 3.05) is 5.32 Å². The Labute approximate surface area is 106 Å². The highest BCUT2D eigenvalue weighted by Crippen LogP contribution is 2.23. The van der Waals surface area contributed by atoms with Crippen LogP contribution >= 0.6 is 11.6 Å². The smallest absolute Gasteiger partial charge is 0.0646 e. The van der Waals surface area contributed by atoms with Crippen molar-refractivity contribution >= 4 is 17.3 Å². The number of nitrogens with one attached hydrogen (secondary N) is 1. The van der Waals surface area contributed by atoms with Crippen LogP contribution in [0, 0.1) is 6.92 Å². The molecule has 0 spiro atoms. The first kappa shape index (κ1) is 12.0. The highest BCUT2D eigenvalue weighted by Gasteiger charge is 2.11. The molecule has 4 heteroatoms. The number of anilines is 1. The molecule has 0 aliphatic rings. The minimum Gasteiger partial charge on any atom is -0.378 e. The zero-order chi connectivity index (χ0) is 12.4. The van der Waals surface area contributed by atoms with Gasteiger partial charge >= 0.3 is 0 Å². The van der Waals surface area contributed by atoms with E-state index in [-0.39, 0.29) is 6.04 Å². The summed E-state index contributed by atoms with van der Waals surface area (Å²) < 4.78 is 1.83. The minimum absolute atomic E-state index is 0.210. The van der Waals surface area contributed by atoms with Gasteiger partial charge in [-0.1, -0.05) is 17.7 Å². The summed E-state index contributed by atoms with van der Waals surface area (Å²) in [5, 5.41) is 8.50. The molecule has 0 fully saturated rings. The molecular weight excluding hydrogens is 234 g/mol. The standard InChI is InChI=1S/C13H16ClN3/c1-9(13-8-17(3)16-10(13)2)15-12-6-4-5-11(14)7-12/h4-9,15H,1-3H3. The van der Waals surface area contributed by atoms with Gasteiger partial charge in [-0.25, -0.2) is 0 Å². The first-order valence-electron chi connectivity index (χ1n) is 5.58. The lowest BCUT2D eigenvalue weighted by atomic mass is 10.1. The van der Waals surface area contributed by atoms with Crippen LogP contribution in [0.4, 0.5) is 5.69 Å². The molecule has 17 heavy (non-hydrogen) atoms. The number of benzene rings is 1. The third kappa shape index (κ3) is 2.80. The van der Waals surface area contributed by atoms with Crippen LogP contribution in [0.3, 0.4) is 0 Å². The van der Waals surface area contributed by atoms with Crippen molar-refractivity contribution in [3.05, 3.63) is 46.7 Å². The van der Waals surface area contributed by atoms with Gasteiger partial charge in [0, 0.05) is 29.5 Å². The van der Waals surface area contributed by atoms with E-state index in [0.717, 1.165) is 16.4 Å². The molecule has 0 radical (unpaired) electrons. The first-order valence-corrected chi connectivity index (χ1v) is 5.96. The normalized spacial score (nSPS) is 12.5.